The Morgan fingerprint density at radius 1 is 1.11 bits per heavy atom. The minimum atomic E-state index is -0.576. The first-order valence-electron chi connectivity index (χ1n) is 11.4. The van der Waals surface area contributed by atoms with Crippen LogP contribution < -0.4 is 15.5 Å². The molecule has 1 aliphatic heterocycles. The maximum atomic E-state index is 13.1. The van der Waals surface area contributed by atoms with Gasteiger partial charge < -0.3 is 19.4 Å². The molecule has 0 bridgehead atoms. The van der Waals surface area contributed by atoms with Crippen LogP contribution in [0.5, 0.6) is 0 Å². The maximum absolute atomic E-state index is 13.1. The van der Waals surface area contributed by atoms with Crippen LogP contribution in [0.3, 0.4) is 0 Å². The third-order valence-electron chi connectivity index (χ3n) is 5.84. The van der Waals surface area contributed by atoms with Crippen molar-refractivity contribution in [3.63, 3.8) is 0 Å². The number of nitro benzene ring substituents is 1. The summed E-state index contributed by atoms with van der Waals surface area (Å²) >= 11 is 17.7. The summed E-state index contributed by atoms with van der Waals surface area (Å²) in [5.41, 5.74) is 2.66. The van der Waals surface area contributed by atoms with Crippen molar-refractivity contribution in [3.8, 4) is 11.5 Å². The van der Waals surface area contributed by atoms with E-state index >= 15 is 0 Å². The summed E-state index contributed by atoms with van der Waals surface area (Å²) in [6, 6.07) is 14.5. The number of fused-ring (bicyclic) bond motifs is 1. The fraction of sp³-hybridized carbons (Fsp3) is 0.160. The Morgan fingerprint density at radius 3 is 2.66 bits per heavy atom. The van der Waals surface area contributed by atoms with Gasteiger partial charge in [-0.2, -0.15) is 0 Å². The van der Waals surface area contributed by atoms with Crippen molar-refractivity contribution in [1.82, 2.24) is 10.3 Å². The molecule has 1 saturated heterocycles. The van der Waals surface area contributed by atoms with Gasteiger partial charge in [0.15, 0.2) is 10.7 Å². The number of non-ortho nitro benzene ring substituents is 1. The van der Waals surface area contributed by atoms with E-state index in [0.29, 0.717) is 70.3 Å². The average Bonchev–Trinajstić information content (AvgIpc) is 3.33. The van der Waals surface area contributed by atoms with E-state index in [1.54, 1.807) is 42.5 Å². The highest BCUT2D eigenvalue weighted by Gasteiger charge is 2.23. The third kappa shape index (κ3) is 5.41. The number of oxazole rings is 1. The Bertz CT molecular complexity index is 1570. The van der Waals surface area contributed by atoms with Gasteiger partial charge in [-0.05, 0) is 48.6 Å². The van der Waals surface area contributed by atoms with Crippen LogP contribution in [0.15, 0.2) is 59.0 Å². The number of carbonyl (C=O) groups is 1. The normalized spacial score (nSPS) is 13.4. The molecule has 10 nitrogen and oxygen atoms in total. The number of thiocarbonyl (C=S) groups is 1. The van der Waals surface area contributed by atoms with Gasteiger partial charge in [-0.3, -0.25) is 20.2 Å². The second-order valence-corrected chi connectivity index (χ2v) is 9.46. The van der Waals surface area contributed by atoms with Crippen LogP contribution in [0.2, 0.25) is 10.0 Å². The fourth-order valence-corrected chi connectivity index (χ4v) is 4.61. The minimum Gasteiger partial charge on any atom is -0.436 e. The molecule has 1 aromatic heterocycles. The molecular weight excluding hydrogens is 553 g/mol. The van der Waals surface area contributed by atoms with Crippen molar-refractivity contribution in [2.75, 3.05) is 36.5 Å². The lowest BCUT2D eigenvalue weighted by Gasteiger charge is -2.30. The summed E-state index contributed by atoms with van der Waals surface area (Å²) in [5, 5.41) is 17.6. The van der Waals surface area contributed by atoms with Crippen molar-refractivity contribution < 1.29 is 18.9 Å². The van der Waals surface area contributed by atoms with Crippen LogP contribution in [-0.2, 0) is 4.74 Å². The molecule has 38 heavy (non-hydrogen) atoms. The molecule has 3 aromatic carbocycles. The molecular formula is C25H19Cl2N5O5S. The van der Waals surface area contributed by atoms with Gasteiger partial charge in [-0.15, -0.1) is 0 Å². The standard InChI is InChI=1S/C25H19Cl2N5O5S/c26-18-3-1-2-16(22(18)27)24-29-19-12-14(4-7-21(19)37-24)28-25(38)30-23(33)17-13-15(32(34)35)5-6-20(17)31-8-10-36-11-9-31/h1-7,12-13H,8-11H2,(H2,28,30,33,38). The molecule has 194 valence electrons. The lowest BCUT2D eigenvalue weighted by atomic mass is 10.1. The molecule has 0 aliphatic carbocycles. The molecule has 13 heteroatoms. The number of hydrogen-bond donors (Lipinski definition) is 2. The first-order valence-corrected chi connectivity index (χ1v) is 12.5. The van der Waals surface area contributed by atoms with Crippen LogP contribution in [-0.4, -0.2) is 47.2 Å². The van der Waals surface area contributed by atoms with Gasteiger partial charge in [0.05, 0.1) is 45.0 Å². The van der Waals surface area contributed by atoms with E-state index in [1.165, 1.54) is 12.1 Å². The highest BCUT2D eigenvalue weighted by atomic mass is 35.5. The Hall–Kier alpha value is -3.77. The van der Waals surface area contributed by atoms with Crippen LogP contribution in [0.1, 0.15) is 10.4 Å². The van der Waals surface area contributed by atoms with Crippen molar-refractivity contribution in [2.45, 2.75) is 0 Å². The number of nitro groups is 1. The second-order valence-electron chi connectivity index (χ2n) is 8.27. The Labute approximate surface area is 231 Å². The molecule has 0 spiro atoms. The van der Waals surface area contributed by atoms with Crippen LogP contribution in [0, 0.1) is 10.1 Å². The SMILES string of the molecule is O=C(NC(=S)Nc1ccc2oc(-c3cccc(Cl)c3Cl)nc2c1)c1cc([N+](=O)[O-])ccc1N1CCOCC1. The van der Waals surface area contributed by atoms with Crippen LogP contribution in [0.25, 0.3) is 22.6 Å². The Kier molecular flexibility index (Phi) is 7.43. The minimum absolute atomic E-state index is 0.00962. The Morgan fingerprint density at radius 2 is 1.89 bits per heavy atom. The Balaban J connectivity index is 1.34. The molecule has 2 N–H and O–H groups in total. The largest absolute Gasteiger partial charge is 0.436 e. The zero-order valence-corrected chi connectivity index (χ0v) is 21.9. The van der Waals surface area contributed by atoms with E-state index in [1.807, 2.05) is 4.90 Å². The van der Waals surface area contributed by atoms with Crippen LogP contribution >= 0.6 is 35.4 Å². The van der Waals surface area contributed by atoms with E-state index in [4.69, 9.17) is 44.6 Å². The number of morpholine rings is 1. The number of benzene rings is 3. The lowest BCUT2D eigenvalue weighted by Crippen LogP contribution is -2.39. The molecule has 0 unspecified atom stereocenters. The first-order chi connectivity index (χ1) is 18.3. The highest BCUT2D eigenvalue weighted by molar-refractivity contribution is 7.80. The topological polar surface area (TPSA) is 123 Å². The number of carbonyl (C=O) groups excluding carboxylic acids is 1. The molecule has 1 amide bonds. The lowest BCUT2D eigenvalue weighted by molar-refractivity contribution is -0.384. The number of aromatic nitrogens is 1. The summed E-state index contributed by atoms with van der Waals surface area (Å²) in [4.78, 5) is 30.4. The second kappa shape index (κ2) is 10.9. The molecule has 1 aliphatic rings. The predicted octanol–water partition coefficient (Wildman–Crippen LogP) is 5.67. The molecule has 4 aromatic rings. The smallest absolute Gasteiger partial charge is 0.270 e. The van der Waals surface area contributed by atoms with Gasteiger partial charge in [-0.1, -0.05) is 29.3 Å². The predicted molar refractivity (Wildman–Crippen MR) is 149 cm³/mol. The van der Waals surface area contributed by atoms with Crippen molar-refractivity contribution in [2.24, 2.45) is 0 Å². The van der Waals surface area contributed by atoms with E-state index < -0.39 is 10.8 Å². The summed E-state index contributed by atoms with van der Waals surface area (Å²) in [6.07, 6.45) is 0. The van der Waals surface area contributed by atoms with Crippen LogP contribution in [0.4, 0.5) is 17.1 Å². The van der Waals surface area contributed by atoms with E-state index in [9.17, 15) is 14.9 Å². The zero-order valence-electron chi connectivity index (χ0n) is 19.6. The number of halogens is 2. The molecule has 0 saturated carbocycles. The van der Waals surface area contributed by atoms with Gasteiger partial charge in [0.1, 0.15) is 5.52 Å². The van der Waals surface area contributed by atoms with Gasteiger partial charge in [0, 0.05) is 30.9 Å². The van der Waals surface area contributed by atoms with E-state index in [0.717, 1.165) is 0 Å². The van der Waals surface area contributed by atoms with Crippen molar-refractivity contribution in [1.29, 1.82) is 0 Å². The van der Waals surface area contributed by atoms with Gasteiger partial charge in [-0.25, -0.2) is 4.98 Å². The van der Waals surface area contributed by atoms with Crippen molar-refractivity contribution in [3.05, 3.63) is 80.3 Å². The molecule has 0 atom stereocenters. The number of anilines is 2. The number of nitrogens with zero attached hydrogens (tertiary/aromatic N) is 3. The molecule has 2 heterocycles. The summed E-state index contributed by atoms with van der Waals surface area (Å²) in [7, 11) is 0. The summed E-state index contributed by atoms with van der Waals surface area (Å²) in [6.45, 7) is 2.10. The number of hydrogen-bond acceptors (Lipinski definition) is 8. The zero-order chi connectivity index (χ0) is 26.8. The summed E-state index contributed by atoms with van der Waals surface area (Å²) in [5.74, 6) is -0.269. The first kappa shape index (κ1) is 25.9. The molecule has 5 rings (SSSR count). The summed E-state index contributed by atoms with van der Waals surface area (Å²) < 4.78 is 11.2. The van der Waals surface area contributed by atoms with Gasteiger partial charge >= 0.3 is 0 Å². The van der Waals surface area contributed by atoms with E-state index in [-0.39, 0.29) is 16.4 Å². The number of nitrogens with one attached hydrogen (secondary N) is 2. The maximum Gasteiger partial charge on any atom is 0.270 e. The van der Waals surface area contributed by atoms with E-state index in [2.05, 4.69) is 15.6 Å². The quantitative estimate of drug-likeness (QED) is 0.177. The van der Waals surface area contributed by atoms with Gasteiger partial charge in [0.25, 0.3) is 11.6 Å². The van der Waals surface area contributed by atoms with Gasteiger partial charge in [0.2, 0.25) is 5.89 Å². The number of rotatable bonds is 5. The number of ether oxygens (including phenoxy) is 1. The highest BCUT2D eigenvalue weighted by Crippen LogP contribution is 2.35. The molecule has 0 radical (unpaired) electrons. The molecule has 1 fully saturated rings. The number of amides is 1. The van der Waals surface area contributed by atoms with Crippen molar-refractivity contribution >= 4 is 74.6 Å². The fourth-order valence-electron chi connectivity index (χ4n) is 4.02. The average molecular weight is 572 g/mol. The third-order valence-corrected chi connectivity index (χ3v) is 6.86. The monoisotopic (exact) mass is 571 g/mol.